The molecule has 0 atom stereocenters. The maximum Gasteiger partial charge on any atom is 0.246 e. The van der Waals surface area contributed by atoms with E-state index in [1.807, 2.05) is 72.5 Å². The van der Waals surface area contributed by atoms with Gasteiger partial charge in [-0.2, -0.15) is 0 Å². The first-order valence-corrected chi connectivity index (χ1v) is 9.45. The number of nitrogens with zero attached hydrogens (tertiary/aromatic N) is 1. The van der Waals surface area contributed by atoms with Crippen molar-refractivity contribution in [3.05, 3.63) is 83.9 Å². The molecule has 0 bridgehead atoms. The second kappa shape index (κ2) is 8.67. The van der Waals surface area contributed by atoms with Gasteiger partial charge in [0.05, 0.1) is 5.41 Å². The molecule has 0 saturated carbocycles. The van der Waals surface area contributed by atoms with Crippen molar-refractivity contribution < 1.29 is 9.59 Å². The Hall–Kier alpha value is -2.88. The molecule has 1 heterocycles. The van der Waals surface area contributed by atoms with Crippen molar-refractivity contribution in [1.82, 2.24) is 10.2 Å². The third-order valence-corrected chi connectivity index (χ3v) is 5.29. The van der Waals surface area contributed by atoms with E-state index in [2.05, 4.69) is 5.32 Å². The molecule has 27 heavy (non-hydrogen) atoms. The van der Waals surface area contributed by atoms with Gasteiger partial charge in [-0.25, -0.2) is 0 Å². The molecule has 0 radical (unpaired) electrons. The standard InChI is InChI=1S/C23H26N2O2/c1-2-9-21(26)25-16-14-23(15-17-25,20-12-7-4-8-13-20)22(27)24-18-19-10-5-3-6-11-19/h2-13H,14-18H2,1H3,(H,24,27). The summed E-state index contributed by atoms with van der Waals surface area (Å²) in [5, 5.41) is 3.12. The summed E-state index contributed by atoms with van der Waals surface area (Å²) in [6.07, 6.45) is 4.60. The van der Waals surface area contributed by atoms with Gasteiger partial charge in [-0.1, -0.05) is 66.7 Å². The first-order valence-electron chi connectivity index (χ1n) is 9.45. The molecule has 2 aromatic carbocycles. The van der Waals surface area contributed by atoms with Gasteiger partial charge in [-0.3, -0.25) is 9.59 Å². The van der Waals surface area contributed by atoms with Crippen LogP contribution in [0, 0.1) is 0 Å². The quantitative estimate of drug-likeness (QED) is 0.829. The van der Waals surface area contributed by atoms with E-state index in [1.54, 1.807) is 12.2 Å². The van der Waals surface area contributed by atoms with E-state index in [0.717, 1.165) is 11.1 Å². The van der Waals surface area contributed by atoms with Gasteiger partial charge in [0.15, 0.2) is 0 Å². The number of hydrogen-bond acceptors (Lipinski definition) is 2. The van der Waals surface area contributed by atoms with Crippen LogP contribution in [0.2, 0.25) is 0 Å². The van der Waals surface area contributed by atoms with Crippen LogP contribution in [0.5, 0.6) is 0 Å². The van der Waals surface area contributed by atoms with Crippen molar-refractivity contribution in [3.8, 4) is 0 Å². The molecule has 0 aliphatic carbocycles. The van der Waals surface area contributed by atoms with Crippen molar-refractivity contribution in [2.75, 3.05) is 13.1 Å². The molecule has 4 heteroatoms. The molecular weight excluding hydrogens is 336 g/mol. The Labute approximate surface area is 160 Å². The van der Waals surface area contributed by atoms with Gasteiger partial charge in [0.25, 0.3) is 0 Å². The minimum Gasteiger partial charge on any atom is -0.351 e. The third kappa shape index (κ3) is 4.27. The van der Waals surface area contributed by atoms with E-state index in [9.17, 15) is 9.59 Å². The van der Waals surface area contributed by atoms with Gasteiger partial charge in [-0.15, -0.1) is 0 Å². The maximum absolute atomic E-state index is 13.3. The van der Waals surface area contributed by atoms with Crippen LogP contribution in [0.3, 0.4) is 0 Å². The van der Waals surface area contributed by atoms with Crippen molar-refractivity contribution >= 4 is 11.8 Å². The molecule has 2 aromatic rings. The molecule has 1 saturated heterocycles. The van der Waals surface area contributed by atoms with Gasteiger partial charge in [0, 0.05) is 19.6 Å². The van der Waals surface area contributed by atoms with Crippen LogP contribution in [0.4, 0.5) is 0 Å². The summed E-state index contributed by atoms with van der Waals surface area (Å²) in [4.78, 5) is 27.3. The highest BCUT2D eigenvalue weighted by Gasteiger charge is 2.43. The Morgan fingerprint density at radius 3 is 2.19 bits per heavy atom. The van der Waals surface area contributed by atoms with Crippen LogP contribution in [0.15, 0.2) is 72.8 Å². The highest BCUT2D eigenvalue weighted by Crippen LogP contribution is 2.36. The Morgan fingerprint density at radius 1 is 1.00 bits per heavy atom. The predicted octanol–water partition coefficient (Wildman–Crippen LogP) is 3.44. The molecule has 0 aromatic heterocycles. The fourth-order valence-corrected chi connectivity index (χ4v) is 3.71. The number of allylic oxidation sites excluding steroid dienone is 1. The zero-order chi connectivity index (χ0) is 19.1. The van der Waals surface area contributed by atoms with Crippen molar-refractivity contribution in [2.24, 2.45) is 0 Å². The number of benzene rings is 2. The average molecular weight is 362 g/mol. The number of carbonyl (C=O) groups is 2. The lowest BCUT2D eigenvalue weighted by atomic mass is 9.72. The summed E-state index contributed by atoms with van der Waals surface area (Å²) in [7, 11) is 0. The zero-order valence-electron chi connectivity index (χ0n) is 15.7. The number of piperidine rings is 1. The highest BCUT2D eigenvalue weighted by atomic mass is 16.2. The van der Waals surface area contributed by atoms with Crippen molar-refractivity contribution in [1.29, 1.82) is 0 Å². The number of hydrogen-bond donors (Lipinski definition) is 1. The van der Waals surface area contributed by atoms with E-state index >= 15 is 0 Å². The number of carbonyl (C=O) groups excluding carboxylic acids is 2. The number of nitrogens with one attached hydrogen (secondary N) is 1. The largest absolute Gasteiger partial charge is 0.351 e. The molecule has 0 unspecified atom stereocenters. The summed E-state index contributed by atoms with van der Waals surface area (Å²) in [6, 6.07) is 19.9. The molecule has 1 N–H and O–H groups in total. The van der Waals surface area contributed by atoms with Crippen LogP contribution in [-0.4, -0.2) is 29.8 Å². The Morgan fingerprint density at radius 2 is 1.59 bits per heavy atom. The summed E-state index contributed by atoms with van der Waals surface area (Å²) in [5.74, 6) is 0.0551. The Kier molecular flexibility index (Phi) is 6.07. The van der Waals surface area contributed by atoms with Crippen LogP contribution in [0.1, 0.15) is 30.9 Å². The smallest absolute Gasteiger partial charge is 0.246 e. The molecule has 0 spiro atoms. The van der Waals surface area contributed by atoms with Gasteiger partial charge in [-0.05, 0) is 37.0 Å². The van der Waals surface area contributed by atoms with Crippen molar-refractivity contribution in [2.45, 2.75) is 31.7 Å². The van der Waals surface area contributed by atoms with E-state index in [0.29, 0.717) is 32.5 Å². The molecule has 2 amide bonds. The first kappa shape index (κ1) is 18.9. The summed E-state index contributed by atoms with van der Waals surface area (Å²) < 4.78 is 0. The monoisotopic (exact) mass is 362 g/mol. The maximum atomic E-state index is 13.3. The van der Waals surface area contributed by atoms with Gasteiger partial charge >= 0.3 is 0 Å². The summed E-state index contributed by atoms with van der Waals surface area (Å²) >= 11 is 0. The van der Waals surface area contributed by atoms with Gasteiger partial charge < -0.3 is 10.2 Å². The van der Waals surface area contributed by atoms with Crippen LogP contribution in [0.25, 0.3) is 0 Å². The van der Waals surface area contributed by atoms with E-state index in [4.69, 9.17) is 0 Å². The van der Waals surface area contributed by atoms with E-state index < -0.39 is 5.41 Å². The molecule has 1 aliphatic rings. The number of rotatable bonds is 5. The van der Waals surface area contributed by atoms with Crippen LogP contribution in [-0.2, 0) is 21.5 Å². The second-order valence-corrected chi connectivity index (χ2v) is 6.94. The Bertz CT molecular complexity index is 792. The van der Waals surface area contributed by atoms with Gasteiger partial charge in [0.2, 0.25) is 11.8 Å². The molecular formula is C23H26N2O2. The highest BCUT2D eigenvalue weighted by molar-refractivity contribution is 5.90. The van der Waals surface area contributed by atoms with E-state index in [1.165, 1.54) is 0 Å². The fraction of sp³-hybridized carbons (Fsp3) is 0.304. The summed E-state index contributed by atoms with van der Waals surface area (Å²) in [5.41, 5.74) is 1.51. The molecule has 1 aliphatic heterocycles. The second-order valence-electron chi connectivity index (χ2n) is 6.94. The number of amides is 2. The van der Waals surface area contributed by atoms with Crippen LogP contribution >= 0.6 is 0 Å². The minimum atomic E-state index is -0.594. The summed E-state index contributed by atoms with van der Waals surface area (Å²) in [6.45, 7) is 3.51. The first-order chi connectivity index (χ1) is 13.2. The normalized spacial score (nSPS) is 16.3. The molecule has 1 fully saturated rings. The van der Waals surface area contributed by atoms with Gasteiger partial charge in [0.1, 0.15) is 0 Å². The predicted molar refractivity (Wildman–Crippen MR) is 107 cm³/mol. The Balaban J connectivity index is 1.78. The minimum absolute atomic E-state index is 0.0175. The third-order valence-electron chi connectivity index (χ3n) is 5.29. The van der Waals surface area contributed by atoms with Crippen LogP contribution < -0.4 is 5.32 Å². The lowest BCUT2D eigenvalue weighted by Crippen LogP contribution is -2.52. The zero-order valence-corrected chi connectivity index (χ0v) is 15.7. The lowest BCUT2D eigenvalue weighted by Gasteiger charge is -2.40. The van der Waals surface area contributed by atoms with E-state index in [-0.39, 0.29) is 11.8 Å². The number of likely N-dealkylation sites (tertiary alicyclic amines) is 1. The van der Waals surface area contributed by atoms with Crippen molar-refractivity contribution in [3.63, 3.8) is 0 Å². The molecule has 140 valence electrons. The molecule has 4 nitrogen and oxygen atoms in total. The molecule has 3 rings (SSSR count). The topological polar surface area (TPSA) is 49.4 Å². The average Bonchev–Trinajstić information content (AvgIpc) is 2.73. The lowest BCUT2D eigenvalue weighted by molar-refractivity contribution is -0.134. The SMILES string of the molecule is CC=CC(=O)N1CCC(C(=O)NCc2ccccc2)(c2ccccc2)CC1. The fourth-order valence-electron chi connectivity index (χ4n) is 3.71.